The monoisotopic (exact) mass is 395 g/mol. The Balaban J connectivity index is 1.89. The van der Waals surface area contributed by atoms with Crippen LogP contribution in [-0.2, 0) is 6.18 Å². The van der Waals surface area contributed by atoms with Gasteiger partial charge in [-0.3, -0.25) is 9.36 Å². The summed E-state index contributed by atoms with van der Waals surface area (Å²) >= 11 is 0. The van der Waals surface area contributed by atoms with Crippen molar-refractivity contribution in [3.63, 3.8) is 0 Å². The lowest BCUT2D eigenvalue weighted by molar-refractivity contribution is -0.140. The highest BCUT2D eigenvalue weighted by molar-refractivity contribution is 6.06. The number of carbonyl (C=O) groups excluding carboxylic acids is 1. The Morgan fingerprint density at radius 2 is 1.89 bits per heavy atom. The van der Waals surface area contributed by atoms with Crippen LogP contribution >= 0.6 is 0 Å². The van der Waals surface area contributed by atoms with E-state index in [1.54, 1.807) is 6.20 Å². The molecule has 144 valence electrons. The SMILES string of the molecule is O=C(Nc1cc(F)c(C(F)(F)F)cc1C(=O)O)c1ccc(-n2ccnc2)nn1. The van der Waals surface area contributed by atoms with Crippen molar-refractivity contribution < 1.29 is 32.3 Å². The second-order valence-corrected chi connectivity index (χ2v) is 5.38. The van der Waals surface area contributed by atoms with E-state index < -0.39 is 40.7 Å². The number of carboxylic acid groups (broad SMARTS) is 1. The highest BCUT2D eigenvalue weighted by Crippen LogP contribution is 2.34. The van der Waals surface area contributed by atoms with Gasteiger partial charge < -0.3 is 10.4 Å². The lowest BCUT2D eigenvalue weighted by Crippen LogP contribution is -2.19. The van der Waals surface area contributed by atoms with E-state index in [1.165, 1.54) is 29.2 Å². The van der Waals surface area contributed by atoms with E-state index in [0.717, 1.165) is 0 Å². The lowest BCUT2D eigenvalue weighted by Gasteiger charge is -2.13. The van der Waals surface area contributed by atoms with Gasteiger partial charge in [-0.1, -0.05) is 0 Å². The molecule has 3 rings (SSSR count). The molecule has 3 aromatic rings. The number of alkyl halides is 3. The Morgan fingerprint density at radius 3 is 2.43 bits per heavy atom. The van der Waals surface area contributed by atoms with Gasteiger partial charge in [-0.15, -0.1) is 10.2 Å². The molecule has 0 atom stereocenters. The predicted octanol–water partition coefficient (Wildman–Crippen LogP) is 2.77. The smallest absolute Gasteiger partial charge is 0.419 e. The number of benzene rings is 1. The second-order valence-electron chi connectivity index (χ2n) is 5.38. The first-order valence-electron chi connectivity index (χ1n) is 7.44. The van der Waals surface area contributed by atoms with Crippen molar-refractivity contribution in [2.75, 3.05) is 5.32 Å². The second kappa shape index (κ2) is 7.06. The highest BCUT2D eigenvalue weighted by atomic mass is 19.4. The first kappa shape index (κ1) is 18.9. The van der Waals surface area contributed by atoms with Crippen LogP contribution in [0.25, 0.3) is 5.82 Å². The van der Waals surface area contributed by atoms with Crippen molar-refractivity contribution in [1.29, 1.82) is 0 Å². The Bertz CT molecular complexity index is 1030. The minimum atomic E-state index is -5.09. The van der Waals surface area contributed by atoms with Gasteiger partial charge in [0.2, 0.25) is 0 Å². The number of hydrogen-bond donors (Lipinski definition) is 2. The number of halogens is 4. The third kappa shape index (κ3) is 3.79. The fourth-order valence-corrected chi connectivity index (χ4v) is 2.24. The molecule has 0 aliphatic heterocycles. The van der Waals surface area contributed by atoms with E-state index in [1.807, 2.05) is 5.32 Å². The summed E-state index contributed by atoms with van der Waals surface area (Å²) in [5.74, 6) is -4.15. The van der Waals surface area contributed by atoms with E-state index in [9.17, 15) is 27.2 Å². The molecular weight excluding hydrogens is 386 g/mol. The maximum absolute atomic E-state index is 13.8. The molecule has 0 fully saturated rings. The van der Waals surface area contributed by atoms with Crippen molar-refractivity contribution in [2.45, 2.75) is 6.18 Å². The van der Waals surface area contributed by atoms with Crippen LogP contribution in [0.4, 0.5) is 23.2 Å². The number of imidazole rings is 1. The van der Waals surface area contributed by atoms with Gasteiger partial charge in [-0.25, -0.2) is 14.2 Å². The molecule has 0 saturated carbocycles. The number of rotatable bonds is 4. The maximum atomic E-state index is 13.8. The van der Waals surface area contributed by atoms with E-state index >= 15 is 0 Å². The van der Waals surface area contributed by atoms with Crippen LogP contribution in [0, 0.1) is 5.82 Å². The number of hydrogen-bond acceptors (Lipinski definition) is 5. The van der Waals surface area contributed by atoms with Crippen molar-refractivity contribution in [2.24, 2.45) is 0 Å². The zero-order valence-corrected chi connectivity index (χ0v) is 13.6. The molecule has 0 unspecified atom stereocenters. The van der Waals surface area contributed by atoms with E-state index in [2.05, 4.69) is 15.2 Å². The van der Waals surface area contributed by atoms with Crippen molar-refractivity contribution in [3.8, 4) is 5.82 Å². The summed E-state index contributed by atoms with van der Waals surface area (Å²) in [6, 6.07) is 3.06. The van der Waals surface area contributed by atoms with E-state index in [0.29, 0.717) is 5.82 Å². The van der Waals surface area contributed by atoms with Gasteiger partial charge in [0.25, 0.3) is 5.91 Å². The molecule has 12 heteroatoms. The minimum absolute atomic E-state index is 0.112. The number of carbonyl (C=O) groups is 2. The van der Waals surface area contributed by atoms with Crippen LogP contribution in [0.5, 0.6) is 0 Å². The molecule has 1 aromatic carbocycles. The molecule has 8 nitrogen and oxygen atoms in total. The van der Waals surface area contributed by atoms with Crippen LogP contribution in [0.2, 0.25) is 0 Å². The van der Waals surface area contributed by atoms with Crippen LogP contribution in [0.1, 0.15) is 26.4 Å². The van der Waals surface area contributed by atoms with Gasteiger partial charge in [0.05, 0.1) is 16.8 Å². The molecule has 0 saturated heterocycles. The predicted molar refractivity (Wildman–Crippen MR) is 85.5 cm³/mol. The van der Waals surface area contributed by atoms with Crippen molar-refractivity contribution >= 4 is 17.6 Å². The fourth-order valence-electron chi connectivity index (χ4n) is 2.24. The molecule has 2 N–H and O–H groups in total. The van der Waals surface area contributed by atoms with Gasteiger partial charge in [0.15, 0.2) is 11.5 Å². The molecule has 0 bridgehead atoms. The summed E-state index contributed by atoms with van der Waals surface area (Å²) in [6.07, 6.45) is -0.581. The zero-order valence-electron chi connectivity index (χ0n) is 13.6. The maximum Gasteiger partial charge on any atom is 0.419 e. The molecule has 0 aliphatic carbocycles. The fraction of sp³-hybridized carbons (Fsp3) is 0.0625. The number of aromatic carboxylic acids is 1. The number of nitrogens with one attached hydrogen (secondary N) is 1. The van der Waals surface area contributed by atoms with Crippen molar-refractivity contribution in [3.05, 3.63) is 65.6 Å². The van der Waals surface area contributed by atoms with Crippen LogP contribution in [-0.4, -0.2) is 36.7 Å². The summed E-state index contributed by atoms with van der Waals surface area (Å²) in [7, 11) is 0. The molecular formula is C16H9F4N5O3. The van der Waals surface area contributed by atoms with E-state index in [-0.39, 0.29) is 17.8 Å². The summed E-state index contributed by atoms with van der Waals surface area (Å²) in [4.78, 5) is 27.3. The summed E-state index contributed by atoms with van der Waals surface area (Å²) in [6.45, 7) is 0. The number of nitrogens with zero attached hydrogens (tertiary/aromatic N) is 4. The molecule has 28 heavy (non-hydrogen) atoms. The largest absolute Gasteiger partial charge is 0.478 e. The summed E-state index contributed by atoms with van der Waals surface area (Å²) in [5, 5.41) is 18.6. The van der Waals surface area contributed by atoms with Crippen LogP contribution in [0.15, 0.2) is 43.0 Å². The first-order valence-corrected chi connectivity index (χ1v) is 7.44. The first-order chi connectivity index (χ1) is 13.2. The lowest BCUT2D eigenvalue weighted by atomic mass is 10.1. The van der Waals surface area contributed by atoms with Gasteiger partial charge in [0.1, 0.15) is 12.1 Å². The quantitative estimate of drug-likeness (QED) is 0.658. The average molecular weight is 395 g/mol. The number of aromatic nitrogens is 4. The molecule has 2 heterocycles. The topological polar surface area (TPSA) is 110 Å². The van der Waals surface area contributed by atoms with Gasteiger partial charge >= 0.3 is 12.1 Å². The Hall–Kier alpha value is -3.83. The Kier molecular flexibility index (Phi) is 4.78. The summed E-state index contributed by atoms with van der Waals surface area (Å²) < 4.78 is 53.5. The number of carboxylic acids is 1. The van der Waals surface area contributed by atoms with Crippen LogP contribution in [0.3, 0.4) is 0 Å². The molecule has 1 amide bonds. The Labute approximate surface area is 153 Å². The molecule has 2 aromatic heterocycles. The van der Waals surface area contributed by atoms with Gasteiger partial charge in [0, 0.05) is 12.4 Å². The third-order valence-corrected chi connectivity index (χ3v) is 3.54. The number of amides is 1. The zero-order chi connectivity index (χ0) is 20.5. The average Bonchev–Trinajstić information content (AvgIpc) is 3.15. The normalized spacial score (nSPS) is 11.3. The number of anilines is 1. The van der Waals surface area contributed by atoms with Gasteiger partial charge in [-0.2, -0.15) is 13.2 Å². The third-order valence-electron chi connectivity index (χ3n) is 3.54. The molecule has 0 spiro atoms. The van der Waals surface area contributed by atoms with Crippen LogP contribution < -0.4 is 5.32 Å². The Morgan fingerprint density at radius 1 is 1.14 bits per heavy atom. The molecule has 0 radical (unpaired) electrons. The van der Waals surface area contributed by atoms with Gasteiger partial charge in [-0.05, 0) is 24.3 Å². The summed E-state index contributed by atoms with van der Waals surface area (Å²) in [5.41, 5.74) is -3.60. The molecule has 0 aliphatic rings. The van der Waals surface area contributed by atoms with E-state index in [4.69, 9.17) is 5.11 Å². The van der Waals surface area contributed by atoms with Crippen molar-refractivity contribution in [1.82, 2.24) is 19.7 Å². The minimum Gasteiger partial charge on any atom is -0.478 e. The highest BCUT2D eigenvalue weighted by Gasteiger charge is 2.36. The standard InChI is InChI=1S/C16H9F4N5O3/c17-10-6-12(8(15(27)28)5-9(10)16(18,19)20)22-14(26)11-1-2-13(24-23-11)25-4-3-21-7-25/h1-7H,(H,22,26)(H,27,28).